The zero-order chi connectivity index (χ0) is 17.8. The predicted octanol–water partition coefficient (Wildman–Crippen LogP) is 3.51. The standard InChI is InChI=1S/C19H17N3O2S/c1-12-4-2-5-14(8-12)21-18(24)11-25-19-13(10-20)9-15-16(22-19)6-3-7-17(15)23/h2,4-5,8-9H,3,6-7,11H2,1H3,(H,21,24). The number of amides is 1. The molecule has 0 unspecified atom stereocenters. The summed E-state index contributed by atoms with van der Waals surface area (Å²) in [5.41, 5.74) is 3.45. The minimum Gasteiger partial charge on any atom is -0.325 e. The zero-order valence-corrected chi connectivity index (χ0v) is 14.7. The molecule has 1 N–H and O–H groups in total. The van der Waals surface area contributed by atoms with E-state index in [2.05, 4.69) is 16.4 Å². The Morgan fingerprint density at radius 2 is 2.20 bits per heavy atom. The van der Waals surface area contributed by atoms with Gasteiger partial charge in [-0.2, -0.15) is 5.26 Å². The van der Waals surface area contributed by atoms with E-state index >= 15 is 0 Å². The van der Waals surface area contributed by atoms with Crippen molar-refractivity contribution in [2.24, 2.45) is 0 Å². The van der Waals surface area contributed by atoms with E-state index in [1.165, 1.54) is 11.8 Å². The van der Waals surface area contributed by atoms with E-state index in [-0.39, 0.29) is 17.4 Å². The summed E-state index contributed by atoms with van der Waals surface area (Å²) in [6, 6.07) is 11.3. The summed E-state index contributed by atoms with van der Waals surface area (Å²) in [6.45, 7) is 1.96. The molecule has 126 valence electrons. The minimum absolute atomic E-state index is 0.0407. The van der Waals surface area contributed by atoms with Crippen molar-refractivity contribution < 1.29 is 9.59 Å². The highest BCUT2D eigenvalue weighted by atomic mass is 32.2. The Hall–Kier alpha value is -2.65. The number of benzene rings is 1. The molecule has 0 atom stereocenters. The van der Waals surface area contributed by atoms with Gasteiger partial charge in [-0.15, -0.1) is 0 Å². The first-order valence-corrected chi connectivity index (χ1v) is 9.02. The van der Waals surface area contributed by atoms with Crippen molar-refractivity contribution in [2.45, 2.75) is 31.2 Å². The topological polar surface area (TPSA) is 82.8 Å². The predicted molar refractivity (Wildman–Crippen MR) is 96.8 cm³/mol. The molecule has 1 aliphatic rings. The van der Waals surface area contributed by atoms with E-state index in [0.717, 1.165) is 29.8 Å². The van der Waals surface area contributed by atoms with Gasteiger partial charge in [-0.25, -0.2) is 4.98 Å². The number of carbonyl (C=O) groups is 2. The second kappa shape index (κ2) is 7.49. The third-order valence-electron chi connectivity index (χ3n) is 3.95. The molecule has 1 amide bonds. The first-order valence-electron chi connectivity index (χ1n) is 8.03. The van der Waals surface area contributed by atoms with Crippen LogP contribution in [0.15, 0.2) is 35.4 Å². The first kappa shape index (κ1) is 17.2. The summed E-state index contributed by atoms with van der Waals surface area (Å²) in [5.74, 6) is 0.0385. The lowest BCUT2D eigenvalue weighted by molar-refractivity contribution is -0.113. The number of hydrogen-bond donors (Lipinski definition) is 1. The molecule has 25 heavy (non-hydrogen) atoms. The number of hydrogen-bond acceptors (Lipinski definition) is 5. The molecule has 3 rings (SSSR count). The molecule has 0 saturated carbocycles. The highest BCUT2D eigenvalue weighted by molar-refractivity contribution is 8.00. The molecule has 1 aliphatic carbocycles. The number of anilines is 1. The molecule has 0 aliphatic heterocycles. The SMILES string of the molecule is Cc1cccc(NC(=O)CSc2nc3c(cc2C#N)C(=O)CCC3)c1. The average Bonchev–Trinajstić information content (AvgIpc) is 2.59. The van der Waals surface area contributed by atoms with Gasteiger partial charge < -0.3 is 5.32 Å². The van der Waals surface area contributed by atoms with E-state index in [9.17, 15) is 14.9 Å². The van der Waals surface area contributed by atoms with Crippen LogP contribution in [-0.2, 0) is 11.2 Å². The van der Waals surface area contributed by atoms with Gasteiger partial charge >= 0.3 is 0 Å². The second-order valence-corrected chi connectivity index (χ2v) is 6.89. The Bertz CT molecular complexity index is 887. The number of aryl methyl sites for hydroxylation is 2. The van der Waals surface area contributed by atoms with Crippen LogP contribution in [0.25, 0.3) is 0 Å². The Labute approximate surface area is 150 Å². The molecule has 5 nitrogen and oxygen atoms in total. The van der Waals surface area contributed by atoms with Crippen LogP contribution in [0.4, 0.5) is 5.69 Å². The zero-order valence-electron chi connectivity index (χ0n) is 13.8. The van der Waals surface area contributed by atoms with Gasteiger partial charge in [-0.05, 0) is 43.5 Å². The highest BCUT2D eigenvalue weighted by Gasteiger charge is 2.21. The quantitative estimate of drug-likeness (QED) is 0.852. The number of nitriles is 1. The molecule has 0 radical (unpaired) electrons. The summed E-state index contributed by atoms with van der Waals surface area (Å²) >= 11 is 1.22. The second-order valence-electron chi connectivity index (χ2n) is 5.93. The summed E-state index contributed by atoms with van der Waals surface area (Å²) in [4.78, 5) is 28.5. The number of nitrogens with one attached hydrogen (secondary N) is 1. The molecule has 0 bridgehead atoms. The fourth-order valence-electron chi connectivity index (χ4n) is 2.76. The number of carbonyl (C=O) groups excluding carboxylic acids is 2. The lowest BCUT2D eigenvalue weighted by Gasteiger charge is -2.15. The number of ketones is 1. The molecule has 1 aromatic heterocycles. The number of fused-ring (bicyclic) bond motifs is 1. The van der Waals surface area contributed by atoms with Gasteiger partial charge in [0.05, 0.1) is 17.0 Å². The van der Waals surface area contributed by atoms with Crippen molar-refractivity contribution in [1.29, 1.82) is 5.26 Å². The number of aromatic nitrogens is 1. The molecule has 1 heterocycles. The van der Waals surface area contributed by atoms with E-state index in [0.29, 0.717) is 22.6 Å². The van der Waals surface area contributed by atoms with Crippen LogP contribution in [0, 0.1) is 18.3 Å². The maximum atomic E-state index is 12.1. The van der Waals surface area contributed by atoms with E-state index in [1.54, 1.807) is 6.07 Å². The van der Waals surface area contributed by atoms with Crippen LogP contribution in [0.3, 0.4) is 0 Å². The minimum atomic E-state index is -0.157. The summed E-state index contributed by atoms with van der Waals surface area (Å²) in [6.07, 6.45) is 2.02. The number of rotatable bonds is 4. The fraction of sp³-hybridized carbons (Fsp3) is 0.263. The monoisotopic (exact) mass is 351 g/mol. The van der Waals surface area contributed by atoms with Crippen molar-refractivity contribution in [3.05, 3.63) is 52.7 Å². The molecule has 0 spiro atoms. The summed E-state index contributed by atoms with van der Waals surface area (Å²) in [7, 11) is 0. The van der Waals surface area contributed by atoms with Crippen LogP contribution in [0.1, 0.15) is 40.0 Å². The Morgan fingerprint density at radius 3 is 2.96 bits per heavy atom. The van der Waals surface area contributed by atoms with Crippen molar-refractivity contribution in [3.8, 4) is 6.07 Å². The molecular weight excluding hydrogens is 334 g/mol. The average molecular weight is 351 g/mol. The maximum absolute atomic E-state index is 12.1. The lowest BCUT2D eigenvalue weighted by atomic mass is 9.94. The van der Waals surface area contributed by atoms with Gasteiger partial charge in [0, 0.05) is 17.7 Å². The smallest absolute Gasteiger partial charge is 0.234 e. The molecule has 0 saturated heterocycles. The molecule has 0 fully saturated rings. The highest BCUT2D eigenvalue weighted by Crippen LogP contribution is 2.27. The summed E-state index contributed by atoms with van der Waals surface area (Å²) in [5, 5.41) is 12.7. The molecule has 1 aromatic carbocycles. The van der Waals surface area contributed by atoms with Crippen LogP contribution in [0.2, 0.25) is 0 Å². The Morgan fingerprint density at radius 1 is 1.36 bits per heavy atom. The Balaban J connectivity index is 1.71. The third-order valence-corrected chi connectivity index (χ3v) is 4.94. The maximum Gasteiger partial charge on any atom is 0.234 e. The van der Waals surface area contributed by atoms with Crippen molar-refractivity contribution in [3.63, 3.8) is 0 Å². The van der Waals surface area contributed by atoms with Crippen molar-refractivity contribution in [1.82, 2.24) is 4.98 Å². The fourth-order valence-corrected chi connectivity index (χ4v) is 3.53. The number of thioether (sulfide) groups is 1. The van der Waals surface area contributed by atoms with Gasteiger partial charge in [0.1, 0.15) is 11.1 Å². The van der Waals surface area contributed by atoms with Gasteiger partial charge in [0.2, 0.25) is 5.91 Å². The third kappa shape index (κ3) is 4.06. The van der Waals surface area contributed by atoms with Crippen LogP contribution in [-0.4, -0.2) is 22.4 Å². The van der Waals surface area contributed by atoms with Gasteiger partial charge in [0.15, 0.2) is 5.78 Å². The van der Waals surface area contributed by atoms with Crippen LogP contribution in [0.5, 0.6) is 0 Å². The largest absolute Gasteiger partial charge is 0.325 e. The molecular formula is C19H17N3O2S. The number of pyridine rings is 1. The van der Waals surface area contributed by atoms with Crippen molar-refractivity contribution >= 4 is 29.1 Å². The van der Waals surface area contributed by atoms with Gasteiger partial charge in [0.25, 0.3) is 0 Å². The van der Waals surface area contributed by atoms with E-state index < -0.39 is 0 Å². The first-order chi connectivity index (χ1) is 12.1. The summed E-state index contributed by atoms with van der Waals surface area (Å²) < 4.78 is 0. The molecule has 2 aromatic rings. The van der Waals surface area contributed by atoms with E-state index in [1.807, 2.05) is 31.2 Å². The number of Topliss-reactive ketones (excluding diaryl/α,β-unsaturated/α-hetero) is 1. The molecule has 6 heteroatoms. The van der Waals surface area contributed by atoms with Crippen molar-refractivity contribution in [2.75, 3.05) is 11.1 Å². The Kier molecular flexibility index (Phi) is 5.15. The van der Waals surface area contributed by atoms with Crippen LogP contribution >= 0.6 is 11.8 Å². The normalized spacial score (nSPS) is 13.0. The van der Waals surface area contributed by atoms with Crippen LogP contribution < -0.4 is 5.32 Å². The number of nitrogens with zero attached hydrogens (tertiary/aromatic N) is 2. The lowest BCUT2D eigenvalue weighted by Crippen LogP contribution is -2.16. The van der Waals surface area contributed by atoms with E-state index in [4.69, 9.17) is 0 Å². The van der Waals surface area contributed by atoms with Gasteiger partial charge in [-0.1, -0.05) is 23.9 Å². The van der Waals surface area contributed by atoms with Gasteiger partial charge in [-0.3, -0.25) is 9.59 Å².